The first-order valence-corrected chi connectivity index (χ1v) is 10.1. The fourth-order valence-corrected chi connectivity index (χ4v) is 2.66. The number of aliphatic hydroxyl groups excluding tert-OH is 1. The molecule has 0 fully saturated rings. The largest absolute Gasteiger partial charge is 0.481 e. The lowest BCUT2D eigenvalue weighted by molar-refractivity contribution is -0.144. The second-order valence-electron chi connectivity index (χ2n) is 7.85. The zero-order chi connectivity index (χ0) is 24.3. The van der Waals surface area contributed by atoms with Crippen LogP contribution in [-0.4, -0.2) is 75.8 Å². The maximum absolute atomic E-state index is 12.7. The molecule has 0 rings (SSSR count). The molecule has 0 saturated heterocycles. The lowest BCUT2D eigenvalue weighted by atomic mass is 9.98. The molecule has 5 atom stereocenters. The average Bonchev–Trinajstić information content (AvgIpc) is 2.68. The number of nitrogens with two attached hydrogens (primary N) is 1. The predicted molar refractivity (Wildman–Crippen MR) is 110 cm³/mol. The van der Waals surface area contributed by atoms with E-state index in [9.17, 15) is 29.1 Å². The average molecular weight is 447 g/mol. The highest BCUT2D eigenvalue weighted by Crippen LogP contribution is 2.10. The summed E-state index contributed by atoms with van der Waals surface area (Å²) in [4.78, 5) is 59.9. The van der Waals surface area contributed by atoms with Crippen LogP contribution in [0.3, 0.4) is 0 Å². The molecule has 31 heavy (non-hydrogen) atoms. The minimum Gasteiger partial charge on any atom is -0.481 e. The van der Waals surface area contributed by atoms with Crippen LogP contribution in [0.15, 0.2) is 0 Å². The minimum atomic E-state index is -1.56. The van der Waals surface area contributed by atoms with Crippen molar-refractivity contribution in [1.29, 1.82) is 0 Å². The number of aliphatic hydroxyl groups is 1. The second-order valence-corrected chi connectivity index (χ2v) is 7.85. The first-order valence-electron chi connectivity index (χ1n) is 10.1. The number of aliphatic carboxylic acids is 2. The molecule has 0 bridgehead atoms. The van der Waals surface area contributed by atoms with Gasteiger partial charge in [-0.25, -0.2) is 4.79 Å². The Bertz CT molecular complexity index is 655. The van der Waals surface area contributed by atoms with Crippen LogP contribution in [-0.2, 0) is 24.0 Å². The van der Waals surface area contributed by atoms with Crippen LogP contribution in [0, 0.1) is 11.8 Å². The van der Waals surface area contributed by atoms with Crippen molar-refractivity contribution in [2.45, 2.75) is 71.1 Å². The highest BCUT2D eigenvalue weighted by Gasteiger charge is 2.33. The maximum atomic E-state index is 12.7. The number of carbonyl (C=O) groups excluding carboxylic acids is 3. The van der Waals surface area contributed by atoms with Gasteiger partial charge in [-0.1, -0.05) is 34.1 Å². The van der Waals surface area contributed by atoms with Crippen molar-refractivity contribution >= 4 is 29.7 Å². The van der Waals surface area contributed by atoms with Gasteiger partial charge in [-0.3, -0.25) is 19.2 Å². The molecule has 5 unspecified atom stereocenters. The molecule has 0 saturated carbocycles. The van der Waals surface area contributed by atoms with E-state index in [2.05, 4.69) is 16.0 Å². The van der Waals surface area contributed by atoms with Crippen molar-refractivity contribution < 1.29 is 39.3 Å². The topological polar surface area (TPSA) is 208 Å². The monoisotopic (exact) mass is 446 g/mol. The first-order chi connectivity index (χ1) is 14.3. The van der Waals surface area contributed by atoms with Crippen molar-refractivity contribution in [2.24, 2.45) is 17.6 Å². The zero-order valence-corrected chi connectivity index (χ0v) is 18.3. The molecular weight excluding hydrogens is 412 g/mol. The van der Waals surface area contributed by atoms with Gasteiger partial charge in [0.2, 0.25) is 17.7 Å². The third-order valence-electron chi connectivity index (χ3n) is 4.66. The van der Waals surface area contributed by atoms with Gasteiger partial charge in [-0.2, -0.15) is 0 Å². The van der Waals surface area contributed by atoms with E-state index in [-0.39, 0.29) is 12.3 Å². The van der Waals surface area contributed by atoms with Crippen LogP contribution >= 0.6 is 0 Å². The van der Waals surface area contributed by atoms with Crippen molar-refractivity contribution in [3.8, 4) is 0 Å². The third kappa shape index (κ3) is 10.2. The summed E-state index contributed by atoms with van der Waals surface area (Å²) in [5.41, 5.74) is 5.44. The highest BCUT2D eigenvalue weighted by atomic mass is 16.4. The Morgan fingerprint density at radius 1 is 0.871 bits per heavy atom. The van der Waals surface area contributed by atoms with Gasteiger partial charge in [0.15, 0.2) is 0 Å². The summed E-state index contributed by atoms with van der Waals surface area (Å²) in [6, 6.07) is -5.22. The molecule has 0 radical (unpaired) electrons. The second kappa shape index (κ2) is 13.5. The van der Waals surface area contributed by atoms with Crippen molar-refractivity contribution in [3.05, 3.63) is 0 Å². The summed E-state index contributed by atoms with van der Waals surface area (Å²) in [6.45, 7) is 6.27. The van der Waals surface area contributed by atoms with Crippen molar-refractivity contribution in [1.82, 2.24) is 16.0 Å². The smallest absolute Gasteiger partial charge is 0.326 e. The minimum absolute atomic E-state index is 0.0602. The van der Waals surface area contributed by atoms with Gasteiger partial charge < -0.3 is 37.0 Å². The van der Waals surface area contributed by atoms with Crippen molar-refractivity contribution in [2.75, 3.05) is 6.61 Å². The fraction of sp³-hybridized carbons (Fsp3) is 0.737. The molecule has 0 spiro atoms. The van der Waals surface area contributed by atoms with Crippen LogP contribution in [0.5, 0.6) is 0 Å². The lowest BCUT2D eigenvalue weighted by Gasteiger charge is -2.26. The molecule has 0 aromatic carbocycles. The molecule has 178 valence electrons. The fourth-order valence-electron chi connectivity index (χ4n) is 2.66. The molecule has 0 aliphatic rings. The molecule has 0 heterocycles. The van der Waals surface area contributed by atoms with Crippen LogP contribution in [0.2, 0.25) is 0 Å². The van der Waals surface area contributed by atoms with Crippen LogP contribution in [0.25, 0.3) is 0 Å². The molecule has 12 nitrogen and oxygen atoms in total. The van der Waals surface area contributed by atoms with Gasteiger partial charge in [-0.15, -0.1) is 0 Å². The van der Waals surface area contributed by atoms with E-state index in [1.807, 2.05) is 0 Å². The molecule has 0 aromatic heterocycles. The normalized spacial score (nSPS) is 15.8. The number of carboxylic acids is 2. The molecule has 8 N–H and O–H groups in total. The van der Waals surface area contributed by atoms with E-state index < -0.39 is 72.8 Å². The summed E-state index contributed by atoms with van der Waals surface area (Å²) in [6.07, 6.45) is -0.189. The number of hydrogen-bond acceptors (Lipinski definition) is 7. The van der Waals surface area contributed by atoms with E-state index in [0.717, 1.165) is 0 Å². The van der Waals surface area contributed by atoms with Crippen LogP contribution in [0.4, 0.5) is 0 Å². The van der Waals surface area contributed by atoms with E-state index in [1.165, 1.54) is 0 Å². The highest BCUT2D eigenvalue weighted by molar-refractivity contribution is 5.95. The summed E-state index contributed by atoms with van der Waals surface area (Å²) in [7, 11) is 0. The number of carbonyl (C=O) groups is 5. The number of rotatable bonds is 14. The van der Waals surface area contributed by atoms with Gasteiger partial charge in [0.25, 0.3) is 0 Å². The standard InChI is InChI=1S/C19H34N4O8/c1-5-10(4)15(19(30)31)23-18(29)13(7-14(25)26)22-17(28)12(6-9(2)3)21-16(27)11(20)8-24/h9-13,15,24H,5-8,20H2,1-4H3,(H,21,27)(H,22,28)(H,23,29)(H,25,26)(H,30,31). The van der Waals surface area contributed by atoms with Crippen LogP contribution < -0.4 is 21.7 Å². The Hall–Kier alpha value is -2.73. The predicted octanol–water partition coefficient (Wildman–Crippen LogP) is -1.59. The van der Waals surface area contributed by atoms with Gasteiger partial charge in [-0.05, 0) is 18.3 Å². The first kappa shape index (κ1) is 28.3. The molecule has 0 aliphatic heterocycles. The van der Waals surface area contributed by atoms with Gasteiger partial charge in [0, 0.05) is 0 Å². The number of carboxylic acid groups (broad SMARTS) is 2. The van der Waals surface area contributed by atoms with E-state index >= 15 is 0 Å². The zero-order valence-electron chi connectivity index (χ0n) is 18.3. The van der Waals surface area contributed by atoms with Crippen LogP contribution in [0.1, 0.15) is 47.0 Å². The van der Waals surface area contributed by atoms with Gasteiger partial charge in [0.1, 0.15) is 24.2 Å². The van der Waals surface area contributed by atoms with Gasteiger partial charge >= 0.3 is 11.9 Å². The van der Waals surface area contributed by atoms with E-state index in [0.29, 0.717) is 6.42 Å². The third-order valence-corrected chi connectivity index (χ3v) is 4.66. The molecule has 3 amide bonds. The van der Waals surface area contributed by atoms with Crippen molar-refractivity contribution in [3.63, 3.8) is 0 Å². The Morgan fingerprint density at radius 2 is 1.39 bits per heavy atom. The van der Waals surface area contributed by atoms with E-state index in [1.54, 1.807) is 27.7 Å². The number of hydrogen-bond donors (Lipinski definition) is 7. The quantitative estimate of drug-likeness (QED) is 0.164. The summed E-state index contributed by atoms with van der Waals surface area (Å²) < 4.78 is 0. The van der Waals surface area contributed by atoms with Gasteiger partial charge in [0.05, 0.1) is 13.0 Å². The Labute approximate surface area is 180 Å². The Kier molecular flexibility index (Phi) is 12.4. The lowest BCUT2D eigenvalue weighted by Crippen LogP contribution is -2.58. The molecule has 12 heteroatoms. The number of amides is 3. The maximum Gasteiger partial charge on any atom is 0.326 e. The number of nitrogens with one attached hydrogen (secondary N) is 3. The SMILES string of the molecule is CCC(C)C(NC(=O)C(CC(=O)O)NC(=O)C(CC(C)C)NC(=O)C(N)CO)C(=O)O. The summed E-state index contributed by atoms with van der Waals surface area (Å²) >= 11 is 0. The van der Waals surface area contributed by atoms with E-state index in [4.69, 9.17) is 15.9 Å². The Balaban J connectivity index is 5.54. The summed E-state index contributed by atoms with van der Waals surface area (Å²) in [5, 5.41) is 34.4. The Morgan fingerprint density at radius 3 is 1.81 bits per heavy atom. The molecule has 0 aliphatic carbocycles. The summed E-state index contributed by atoms with van der Waals surface area (Å²) in [5.74, 6) is -5.75. The molecular formula is C19H34N4O8. The molecule has 0 aromatic rings.